The van der Waals surface area contributed by atoms with Crippen molar-refractivity contribution >= 4 is 34.6 Å². The van der Waals surface area contributed by atoms with Gasteiger partial charge in [0, 0.05) is 17.0 Å². The fourth-order valence-corrected chi connectivity index (χ4v) is 3.70. The molecule has 0 amide bonds. The summed E-state index contributed by atoms with van der Waals surface area (Å²) in [5.74, 6) is 1.42. The average molecular weight is 432 g/mol. The van der Waals surface area contributed by atoms with Crippen LogP contribution in [0.2, 0.25) is 10.0 Å². The topological polar surface area (TPSA) is 89.9 Å². The Morgan fingerprint density at radius 3 is 2.69 bits per heavy atom. The van der Waals surface area contributed by atoms with Crippen molar-refractivity contribution in [2.45, 2.75) is 12.5 Å². The third kappa shape index (κ3) is 3.79. The molecule has 3 aromatic rings. The Morgan fingerprint density at radius 1 is 1.17 bits per heavy atom. The lowest BCUT2D eigenvalue weighted by molar-refractivity contribution is -0.384. The summed E-state index contributed by atoms with van der Waals surface area (Å²) in [4.78, 5) is 11.0. The Kier molecular flexibility index (Phi) is 5.17. The molecule has 9 heteroatoms. The molecule has 0 spiro atoms. The van der Waals surface area contributed by atoms with Crippen molar-refractivity contribution in [3.05, 3.63) is 80.0 Å². The first-order valence-corrected chi connectivity index (χ1v) is 9.42. The molecule has 4 rings (SSSR count). The summed E-state index contributed by atoms with van der Waals surface area (Å²) in [5, 5.41) is 16.9. The van der Waals surface area contributed by atoms with Gasteiger partial charge in [-0.1, -0.05) is 29.3 Å². The lowest BCUT2D eigenvalue weighted by Gasteiger charge is -2.07. The van der Waals surface area contributed by atoms with E-state index in [9.17, 15) is 10.1 Å². The van der Waals surface area contributed by atoms with E-state index >= 15 is 0 Å². The summed E-state index contributed by atoms with van der Waals surface area (Å²) in [6.07, 6.45) is 0.555. The predicted molar refractivity (Wildman–Crippen MR) is 111 cm³/mol. The molecule has 1 unspecified atom stereocenters. The van der Waals surface area contributed by atoms with Crippen molar-refractivity contribution in [3.8, 4) is 17.1 Å². The molecular formula is C20H15Cl2N3O4. The zero-order chi connectivity index (χ0) is 20.5. The third-order valence-corrected chi connectivity index (χ3v) is 5.18. The van der Waals surface area contributed by atoms with Gasteiger partial charge in [-0.3, -0.25) is 15.5 Å². The molecule has 0 radical (unpaired) electrons. The smallest absolute Gasteiger partial charge is 0.284 e. The molecule has 29 heavy (non-hydrogen) atoms. The first kappa shape index (κ1) is 19.3. The molecule has 0 saturated heterocycles. The van der Waals surface area contributed by atoms with Crippen molar-refractivity contribution in [2.24, 2.45) is 5.10 Å². The fourth-order valence-electron chi connectivity index (χ4n) is 3.18. The highest BCUT2D eigenvalue weighted by Gasteiger charge is 2.27. The van der Waals surface area contributed by atoms with Crippen molar-refractivity contribution < 1.29 is 14.1 Å². The van der Waals surface area contributed by atoms with Gasteiger partial charge in [0.1, 0.15) is 23.3 Å². The fraction of sp³-hybridized carbons (Fsp3) is 0.150. The van der Waals surface area contributed by atoms with E-state index in [1.54, 1.807) is 36.4 Å². The first-order valence-electron chi connectivity index (χ1n) is 8.66. The molecule has 1 aromatic heterocycles. The van der Waals surface area contributed by atoms with Crippen LogP contribution in [0.5, 0.6) is 5.75 Å². The van der Waals surface area contributed by atoms with E-state index in [2.05, 4.69) is 10.5 Å². The minimum absolute atomic E-state index is 0.0884. The van der Waals surface area contributed by atoms with Crippen LogP contribution in [0.15, 0.2) is 58.0 Å². The van der Waals surface area contributed by atoms with Crippen LogP contribution in [-0.2, 0) is 0 Å². The molecule has 1 aliphatic rings. The van der Waals surface area contributed by atoms with Gasteiger partial charge in [0.2, 0.25) is 0 Å². The molecule has 7 nitrogen and oxygen atoms in total. The van der Waals surface area contributed by atoms with Gasteiger partial charge in [0.25, 0.3) is 5.69 Å². The number of nitrogens with one attached hydrogen (secondary N) is 1. The molecule has 0 saturated carbocycles. The van der Waals surface area contributed by atoms with Crippen LogP contribution < -0.4 is 10.2 Å². The Morgan fingerprint density at radius 2 is 1.97 bits per heavy atom. The molecule has 1 aliphatic heterocycles. The standard InChI is InChI=1S/C20H15Cl2N3O4/c1-28-12-3-5-14(18(9-12)25(26)27)19-6-7-20(29-19)17-10-16(23-24-17)13-4-2-11(21)8-15(13)22/h2-9,17,24H,10H2,1H3. The number of hydrogen-bond acceptors (Lipinski definition) is 6. The second-order valence-electron chi connectivity index (χ2n) is 6.41. The molecule has 0 bridgehead atoms. The van der Waals surface area contributed by atoms with E-state index in [0.717, 1.165) is 11.3 Å². The van der Waals surface area contributed by atoms with Gasteiger partial charge in [-0.25, -0.2) is 0 Å². The number of ether oxygens (including phenoxy) is 1. The number of rotatable bonds is 5. The van der Waals surface area contributed by atoms with Crippen molar-refractivity contribution in [1.29, 1.82) is 0 Å². The van der Waals surface area contributed by atoms with Crippen LogP contribution in [0.3, 0.4) is 0 Å². The Bertz CT molecular complexity index is 1130. The molecule has 148 valence electrons. The van der Waals surface area contributed by atoms with E-state index in [1.165, 1.54) is 13.2 Å². The van der Waals surface area contributed by atoms with Crippen LogP contribution >= 0.6 is 23.2 Å². The molecule has 0 aliphatic carbocycles. The number of hydrazone groups is 1. The first-order chi connectivity index (χ1) is 14.0. The van der Waals surface area contributed by atoms with Gasteiger partial charge in [-0.2, -0.15) is 5.10 Å². The van der Waals surface area contributed by atoms with Gasteiger partial charge in [0.15, 0.2) is 0 Å². The number of furan rings is 1. The largest absolute Gasteiger partial charge is 0.497 e. The quantitative estimate of drug-likeness (QED) is 0.418. The second-order valence-corrected chi connectivity index (χ2v) is 7.25. The third-order valence-electron chi connectivity index (χ3n) is 4.63. The highest BCUT2D eigenvalue weighted by molar-refractivity contribution is 6.37. The minimum Gasteiger partial charge on any atom is -0.497 e. The molecule has 1 atom stereocenters. The zero-order valence-electron chi connectivity index (χ0n) is 15.2. The van der Waals surface area contributed by atoms with Crippen LogP contribution in [0, 0.1) is 10.1 Å². The van der Waals surface area contributed by atoms with E-state index in [1.807, 2.05) is 6.07 Å². The van der Waals surface area contributed by atoms with Crippen LogP contribution in [0.1, 0.15) is 23.8 Å². The van der Waals surface area contributed by atoms with Crippen LogP contribution in [-0.4, -0.2) is 17.7 Å². The van der Waals surface area contributed by atoms with Crippen molar-refractivity contribution in [2.75, 3.05) is 7.11 Å². The number of benzene rings is 2. The molecule has 0 fully saturated rings. The maximum atomic E-state index is 11.4. The Hall–Kier alpha value is -3.03. The predicted octanol–water partition coefficient (Wildman–Crippen LogP) is 5.61. The van der Waals surface area contributed by atoms with Crippen LogP contribution in [0.25, 0.3) is 11.3 Å². The van der Waals surface area contributed by atoms with E-state index < -0.39 is 4.92 Å². The van der Waals surface area contributed by atoms with Crippen LogP contribution in [0.4, 0.5) is 5.69 Å². The van der Waals surface area contributed by atoms with Gasteiger partial charge < -0.3 is 9.15 Å². The van der Waals surface area contributed by atoms with Gasteiger partial charge in [-0.05, 0) is 36.4 Å². The highest BCUT2D eigenvalue weighted by atomic mass is 35.5. The summed E-state index contributed by atoms with van der Waals surface area (Å²) in [6.45, 7) is 0. The SMILES string of the molecule is COc1ccc(-c2ccc(C3CC(c4ccc(Cl)cc4Cl)=NN3)o2)c([N+](=O)[O-])c1. The monoisotopic (exact) mass is 431 g/mol. The number of nitrogens with zero attached hydrogens (tertiary/aromatic N) is 2. The maximum Gasteiger partial charge on any atom is 0.284 e. The summed E-state index contributed by atoms with van der Waals surface area (Å²) < 4.78 is 11.0. The number of methoxy groups -OCH3 is 1. The second kappa shape index (κ2) is 7.77. The molecule has 2 aromatic carbocycles. The highest BCUT2D eigenvalue weighted by Crippen LogP contribution is 2.36. The summed E-state index contributed by atoms with van der Waals surface area (Å²) in [6, 6.07) is 13.2. The lowest BCUT2D eigenvalue weighted by atomic mass is 10.0. The average Bonchev–Trinajstić information content (AvgIpc) is 3.37. The molecular weight excluding hydrogens is 417 g/mol. The summed E-state index contributed by atoms with van der Waals surface area (Å²) in [5.41, 5.74) is 4.90. The summed E-state index contributed by atoms with van der Waals surface area (Å²) >= 11 is 12.2. The number of hydrogen-bond donors (Lipinski definition) is 1. The normalized spacial score (nSPS) is 15.7. The van der Waals surface area contributed by atoms with E-state index in [4.69, 9.17) is 32.4 Å². The number of nitro groups is 1. The molecule has 2 heterocycles. The lowest BCUT2D eigenvalue weighted by Crippen LogP contribution is -2.08. The molecule has 1 N–H and O–H groups in total. The van der Waals surface area contributed by atoms with Crippen molar-refractivity contribution in [1.82, 2.24) is 5.43 Å². The van der Waals surface area contributed by atoms with Gasteiger partial charge in [0.05, 0.1) is 34.4 Å². The minimum atomic E-state index is -0.461. The maximum absolute atomic E-state index is 11.4. The van der Waals surface area contributed by atoms with E-state index in [0.29, 0.717) is 39.3 Å². The Balaban J connectivity index is 1.57. The van der Waals surface area contributed by atoms with Gasteiger partial charge in [-0.15, -0.1) is 0 Å². The Labute approximate surface area is 176 Å². The zero-order valence-corrected chi connectivity index (χ0v) is 16.7. The number of nitro benzene ring substituents is 1. The van der Waals surface area contributed by atoms with E-state index in [-0.39, 0.29) is 11.7 Å². The van der Waals surface area contributed by atoms with Crippen molar-refractivity contribution in [3.63, 3.8) is 0 Å². The summed E-state index contributed by atoms with van der Waals surface area (Å²) in [7, 11) is 1.46. The number of halogens is 2. The van der Waals surface area contributed by atoms with Gasteiger partial charge >= 0.3 is 0 Å².